The summed E-state index contributed by atoms with van der Waals surface area (Å²) in [5.74, 6) is 0.113. The Morgan fingerprint density at radius 3 is 2.11 bits per heavy atom. The van der Waals surface area contributed by atoms with Gasteiger partial charge < -0.3 is 14.2 Å². The molecule has 1 heterocycles. The van der Waals surface area contributed by atoms with E-state index in [1.54, 1.807) is 7.11 Å². The molecule has 4 heteroatoms. The van der Waals surface area contributed by atoms with Crippen molar-refractivity contribution in [1.29, 1.82) is 0 Å². The number of nitrogens with zero attached hydrogens (tertiary/aromatic N) is 1. The fraction of sp³-hybridized carbons (Fsp3) is 0.571. The lowest BCUT2D eigenvalue weighted by molar-refractivity contribution is -0.267. The van der Waals surface area contributed by atoms with Gasteiger partial charge in [0, 0.05) is 18.7 Å². The zero-order valence-corrected chi connectivity index (χ0v) is 11.3. The van der Waals surface area contributed by atoms with Crippen LogP contribution in [0, 0.1) is 0 Å². The van der Waals surface area contributed by atoms with Crippen molar-refractivity contribution in [3.05, 3.63) is 29.8 Å². The number of hydrogen-bond donors (Lipinski definition) is 0. The lowest BCUT2D eigenvalue weighted by atomic mass is 10.1. The maximum absolute atomic E-state index is 5.91. The van der Waals surface area contributed by atoms with Crippen LogP contribution in [0.4, 0.5) is 0 Å². The highest BCUT2D eigenvalue weighted by Gasteiger charge is 2.43. The number of benzene rings is 1. The summed E-state index contributed by atoms with van der Waals surface area (Å²) in [7, 11) is 1.66. The molecule has 1 aromatic rings. The maximum atomic E-state index is 5.91. The van der Waals surface area contributed by atoms with Crippen LogP contribution >= 0.6 is 0 Å². The molecule has 1 aliphatic heterocycles. The fourth-order valence-electron chi connectivity index (χ4n) is 2.38. The molecule has 1 aromatic carbocycles. The molecule has 4 nitrogen and oxygen atoms in total. The topological polar surface area (TPSA) is 30.9 Å². The molecule has 0 atom stereocenters. The van der Waals surface area contributed by atoms with Gasteiger partial charge in [-0.15, -0.1) is 0 Å². The Bertz CT molecular complexity index is 367. The zero-order valence-electron chi connectivity index (χ0n) is 11.3. The average Bonchev–Trinajstić information content (AvgIpc) is 2.91. The van der Waals surface area contributed by atoms with E-state index >= 15 is 0 Å². The first-order valence-electron chi connectivity index (χ1n) is 6.44. The third-order valence-electron chi connectivity index (χ3n) is 3.31. The molecule has 0 radical (unpaired) electrons. The predicted octanol–water partition coefficient (Wildman–Crippen LogP) is 2.19. The second-order valence-electron chi connectivity index (χ2n) is 4.18. The molecule has 1 saturated heterocycles. The van der Waals surface area contributed by atoms with Gasteiger partial charge in [-0.25, -0.2) is 4.90 Å². The first kappa shape index (κ1) is 13.3. The molecular formula is C14H21NO3. The van der Waals surface area contributed by atoms with Crippen LogP contribution in [0.1, 0.15) is 19.4 Å². The van der Waals surface area contributed by atoms with E-state index in [1.807, 2.05) is 24.3 Å². The number of rotatable bonds is 5. The van der Waals surface area contributed by atoms with Crippen molar-refractivity contribution < 1.29 is 14.2 Å². The summed E-state index contributed by atoms with van der Waals surface area (Å²) in [6.45, 7) is 7.23. The molecule has 2 rings (SSSR count). The Morgan fingerprint density at radius 1 is 1.11 bits per heavy atom. The van der Waals surface area contributed by atoms with E-state index in [-0.39, 0.29) is 0 Å². The Labute approximate surface area is 108 Å². The largest absolute Gasteiger partial charge is 0.497 e. The van der Waals surface area contributed by atoms with Crippen LogP contribution in [0.15, 0.2) is 24.3 Å². The van der Waals surface area contributed by atoms with Crippen LogP contribution < -0.4 is 4.74 Å². The Kier molecular flexibility index (Phi) is 4.22. The van der Waals surface area contributed by atoms with Crippen LogP contribution in [-0.4, -0.2) is 38.3 Å². The molecule has 0 aliphatic carbocycles. The molecule has 0 unspecified atom stereocenters. The summed E-state index contributed by atoms with van der Waals surface area (Å²) in [6, 6.07) is 7.88. The van der Waals surface area contributed by atoms with Crippen molar-refractivity contribution in [2.45, 2.75) is 19.8 Å². The third kappa shape index (κ3) is 2.23. The van der Waals surface area contributed by atoms with Gasteiger partial charge in [-0.3, -0.25) is 0 Å². The predicted molar refractivity (Wildman–Crippen MR) is 69.5 cm³/mol. The first-order valence-corrected chi connectivity index (χ1v) is 6.44. The molecular weight excluding hydrogens is 230 g/mol. The molecule has 0 amide bonds. The van der Waals surface area contributed by atoms with Gasteiger partial charge in [0.2, 0.25) is 0 Å². The highest BCUT2D eigenvalue weighted by molar-refractivity contribution is 5.30. The monoisotopic (exact) mass is 251 g/mol. The molecule has 1 fully saturated rings. The molecule has 0 saturated carbocycles. The summed E-state index contributed by atoms with van der Waals surface area (Å²) in [5, 5.41) is 0. The molecule has 1 aliphatic rings. The van der Waals surface area contributed by atoms with Crippen molar-refractivity contribution in [3.8, 4) is 5.75 Å². The van der Waals surface area contributed by atoms with Crippen molar-refractivity contribution in [2.75, 3.05) is 33.4 Å². The van der Waals surface area contributed by atoms with Crippen molar-refractivity contribution in [1.82, 2.24) is 4.90 Å². The molecule has 0 spiro atoms. The van der Waals surface area contributed by atoms with Gasteiger partial charge in [-0.2, -0.15) is 0 Å². The van der Waals surface area contributed by atoms with E-state index in [9.17, 15) is 0 Å². The van der Waals surface area contributed by atoms with Crippen LogP contribution in [0.3, 0.4) is 0 Å². The van der Waals surface area contributed by atoms with Crippen LogP contribution in [-0.2, 0) is 15.4 Å². The normalized spacial score (nSPS) is 18.2. The lowest BCUT2D eigenvalue weighted by Gasteiger charge is -2.37. The van der Waals surface area contributed by atoms with Gasteiger partial charge in [0.15, 0.2) is 0 Å². The van der Waals surface area contributed by atoms with E-state index in [0.29, 0.717) is 13.2 Å². The summed E-state index contributed by atoms with van der Waals surface area (Å²) in [6.07, 6.45) is 0. The maximum Gasteiger partial charge on any atom is 0.258 e. The van der Waals surface area contributed by atoms with Crippen LogP contribution in [0.5, 0.6) is 5.75 Å². The Hall–Kier alpha value is -1.10. The van der Waals surface area contributed by atoms with Gasteiger partial charge in [-0.1, -0.05) is 13.8 Å². The van der Waals surface area contributed by atoms with E-state index in [0.717, 1.165) is 24.4 Å². The van der Waals surface area contributed by atoms with Crippen LogP contribution in [0.25, 0.3) is 0 Å². The molecule has 100 valence electrons. The quantitative estimate of drug-likeness (QED) is 0.802. The van der Waals surface area contributed by atoms with Crippen molar-refractivity contribution in [2.24, 2.45) is 0 Å². The van der Waals surface area contributed by atoms with Gasteiger partial charge in [0.05, 0.1) is 20.3 Å². The minimum absolute atomic E-state index is 0.628. The van der Waals surface area contributed by atoms with Gasteiger partial charge >= 0.3 is 0 Å². The minimum atomic E-state index is -0.726. The summed E-state index contributed by atoms with van der Waals surface area (Å²) >= 11 is 0. The minimum Gasteiger partial charge on any atom is -0.497 e. The molecule has 0 bridgehead atoms. The Morgan fingerprint density at radius 2 is 1.67 bits per heavy atom. The highest BCUT2D eigenvalue weighted by atomic mass is 16.8. The van der Waals surface area contributed by atoms with Gasteiger partial charge in [-0.05, 0) is 24.3 Å². The van der Waals surface area contributed by atoms with Crippen LogP contribution in [0.2, 0.25) is 0 Å². The third-order valence-corrected chi connectivity index (χ3v) is 3.31. The van der Waals surface area contributed by atoms with E-state index in [2.05, 4.69) is 18.7 Å². The smallest absolute Gasteiger partial charge is 0.258 e. The second kappa shape index (κ2) is 5.69. The average molecular weight is 251 g/mol. The summed E-state index contributed by atoms with van der Waals surface area (Å²) < 4.78 is 17.0. The number of ether oxygens (including phenoxy) is 3. The molecule has 18 heavy (non-hydrogen) atoms. The Balaban J connectivity index is 2.33. The molecule has 0 aromatic heterocycles. The summed E-state index contributed by atoms with van der Waals surface area (Å²) in [5.41, 5.74) is 1.02. The number of methoxy groups -OCH3 is 1. The van der Waals surface area contributed by atoms with Crippen molar-refractivity contribution >= 4 is 0 Å². The zero-order chi connectivity index (χ0) is 13.0. The molecule has 0 N–H and O–H groups in total. The SMILES string of the molecule is CCN(CC)C1(c2ccc(OC)cc2)OCCO1. The van der Waals surface area contributed by atoms with E-state index in [1.165, 1.54) is 0 Å². The highest BCUT2D eigenvalue weighted by Crippen LogP contribution is 2.35. The van der Waals surface area contributed by atoms with Gasteiger partial charge in [0.1, 0.15) is 5.75 Å². The lowest BCUT2D eigenvalue weighted by Crippen LogP contribution is -2.47. The number of hydrogen-bond acceptors (Lipinski definition) is 4. The van der Waals surface area contributed by atoms with E-state index in [4.69, 9.17) is 14.2 Å². The summed E-state index contributed by atoms with van der Waals surface area (Å²) in [4.78, 5) is 2.18. The standard InChI is InChI=1S/C14H21NO3/c1-4-15(5-2)14(17-10-11-18-14)12-6-8-13(16-3)9-7-12/h6-9H,4-5,10-11H2,1-3H3. The first-order chi connectivity index (χ1) is 8.76. The van der Waals surface area contributed by atoms with Gasteiger partial charge in [0.25, 0.3) is 5.91 Å². The second-order valence-corrected chi connectivity index (χ2v) is 4.18. The fourth-order valence-corrected chi connectivity index (χ4v) is 2.38. The van der Waals surface area contributed by atoms with Crippen molar-refractivity contribution in [3.63, 3.8) is 0 Å². The van der Waals surface area contributed by atoms with E-state index < -0.39 is 5.91 Å².